The summed E-state index contributed by atoms with van der Waals surface area (Å²) in [6.45, 7) is 7.50. The third kappa shape index (κ3) is 5.39. The molecule has 22 heavy (non-hydrogen) atoms. The van der Waals surface area contributed by atoms with E-state index in [2.05, 4.69) is 65.5 Å². The number of rotatable bonds is 6. The van der Waals surface area contributed by atoms with Crippen molar-refractivity contribution >= 4 is 0 Å². The Bertz CT molecular complexity index is 491. The predicted molar refractivity (Wildman–Crippen MR) is 81.1 cm³/mol. The topological polar surface area (TPSA) is 9.23 Å². The van der Waals surface area contributed by atoms with E-state index in [1.54, 1.807) is 0 Å². The van der Waals surface area contributed by atoms with Crippen molar-refractivity contribution in [2.75, 3.05) is 6.61 Å². The van der Waals surface area contributed by atoms with Crippen LogP contribution in [0.25, 0.3) is 0 Å². The Kier molecular flexibility index (Phi) is 10.3. The number of halogens is 2. The van der Waals surface area contributed by atoms with Gasteiger partial charge >= 0.3 is 135 Å². The first-order chi connectivity index (χ1) is 9.57. The Labute approximate surface area is 159 Å². The molecule has 1 nitrogen and oxygen atoms in total. The molecule has 2 aliphatic rings. The van der Waals surface area contributed by atoms with Crippen LogP contribution in [-0.2, 0) is 25.2 Å². The van der Waals surface area contributed by atoms with E-state index in [1.807, 2.05) is 0 Å². The molecule has 0 aromatic rings. The zero-order valence-corrected chi connectivity index (χ0v) is 16.8. The first kappa shape index (κ1) is 22.2. The minimum atomic E-state index is -0.111. The molecule has 0 radical (unpaired) electrons. The van der Waals surface area contributed by atoms with Crippen LogP contribution < -0.4 is 24.8 Å². The van der Waals surface area contributed by atoms with E-state index < -0.39 is 0 Å². The van der Waals surface area contributed by atoms with Gasteiger partial charge in [0.05, 0.1) is 0 Å². The molecule has 1 atom stereocenters. The maximum atomic E-state index is 6.40. The molecule has 0 heterocycles. The minimum absolute atomic E-state index is 0. The zero-order chi connectivity index (χ0) is 14.6. The van der Waals surface area contributed by atoms with Gasteiger partial charge in [-0.2, -0.15) is 0 Å². The summed E-state index contributed by atoms with van der Waals surface area (Å²) in [6.07, 6.45) is 14.7. The number of ether oxygens (including phenoxy) is 1. The van der Waals surface area contributed by atoms with Gasteiger partial charge in [-0.15, -0.1) is 0 Å². The molecule has 0 saturated heterocycles. The molecule has 0 fully saturated rings. The molecule has 2 rings (SSSR count). The molecule has 0 bridgehead atoms. The van der Waals surface area contributed by atoms with Gasteiger partial charge in [-0.25, -0.2) is 0 Å². The Morgan fingerprint density at radius 3 is 2.55 bits per heavy atom. The van der Waals surface area contributed by atoms with Gasteiger partial charge in [0.15, 0.2) is 0 Å². The van der Waals surface area contributed by atoms with Gasteiger partial charge in [0.25, 0.3) is 0 Å². The van der Waals surface area contributed by atoms with Crippen LogP contribution in [0.1, 0.15) is 52.9 Å². The number of unbranched alkanes of at least 4 members (excludes halogenated alkanes) is 1. The third-order valence-electron chi connectivity index (χ3n) is 4.30. The van der Waals surface area contributed by atoms with E-state index in [-0.39, 0.29) is 30.4 Å². The van der Waals surface area contributed by atoms with Crippen LogP contribution in [0, 0.1) is 0 Å². The van der Waals surface area contributed by atoms with Crippen LogP contribution >= 0.6 is 0 Å². The fourth-order valence-corrected chi connectivity index (χ4v) is 3.34. The monoisotopic (exact) mass is 375 g/mol. The Hall–Kier alpha value is 0.214. The second-order valence-corrected chi connectivity index (χ2v) is 6.91. The van der Waals surface area contributed by atoms with E-state index in [4.69, 9.17) is 4.74 Å². The summed E-state index contributed by atoms with van der Waals surface area (Å²) in [4.78, 5) is 0. The number of hydrogen-bond donors (Lipinski definition) is 0. The van der Waals surface area contributed by atoms with Crippen LogP contribution in [0.4, 0.5) is 0 Å². The Morgan fingerprint density at radius 1 is 1.27 bits per heavy atom. The fraction of sp³-hybridized carbons (Fsp3) is 0.556. The molecule has 1 unspecified atom stereocenters. The van der Waals surface area contributed by atoms with Crippen molar-refractivity contribution in [2.45, 2.75) is 58.5 Å². The second kappa shape index (κ2) is 10.2. The molecule has 0 aliphatic heterocycles. The minimum Gasteiger partial charge on any atom is -1.00 e. The first-order valence-corrected chi connectivity index (χ1v) is 8.45. The average Bonchev–Trinajstić information content (AvgIpc) is 2.80. The van der Waals surface area contributed by atoms with Crippen molar-refractivity contribution in [3.8, 4) is 0 Å². The average molecular weight is 376 g/mol. The van der Waals surface area contributed by atoms with E-state index in [0.717, 1.165) is 32.3 Å². The van der Waals surface area contributed by atoms with Crippen LogP contribution in [0.5, 0.6) is 0 Å². The van der Waals surface area contributed by atoms with Gasteiger partial charge in [-0.05, 0) is 0 Å². The molecule has 2 aliphatic carbocycles. The third-order valence-corrected chi connectivity index (χ3v) is 5.12. The van der Waals surface area contributed by atoms with Crippen molar-refractivity contribution in [3.05, 3.63) is 44.9 Å². The van der Waals surface area contributed by atoms with Gasteiger partial charge in [-0.3, -0.25) is 0 Å². The number of allylic oxidation sites excluding steroid dienone is 5. The second-order valence-electron chi connectivity index (χ2n) is 5.96. The molecule has 121 valence electrons. The molecule has 0 N–H and O–H groups in total. The Morgan fingerprint density at radius 2 is 2.00 bits per heavy atom. The van der Waals surface area contributed by atoms with E-state index in [9.17, 15) is 0 Å². The van der Waals surface area contributed by atoms with Crippen LogP contribution in [-0.4, -0.2) is 12.2 Å². The summed E-state index contributed by atoms with van der Waals surface area (Å²) < 4.78 is 7.90. The molecule has 0 spiro atoms. The standard InChI is InChI=1S/C18H25O.2ClH.Ti/c1-4-5-12-19-18(14-17-8-6-7-9-17)11-10-15(2)13-16(18)3;;;/h6,8,10,13H,4-5,7,11-12,14H2,1-3H3;2*1H;/q;;;+2/p-2. The van der Waals surface area contributed by atoms with Gasteiger partial charge in [-0.1, -0.05) is 0 Å². The largest absolute Gasteiger partial charge is 1.00 e. The van der Waals surface area contributed by atoms with Crippen molar-refractivity contribution in [1.29, 1.82) is 0 Å². The molecule has 0 aromatic carbocycles. The van der Waals surface area contributed by atoms with Gasteiger partial charge in [0.1, 0.15) is 0 Å². The SMILES string of the molecule is CCCCOC1(CC2=[C]([Ti+2])CC=C2)CC=C(C)C=C1C.[Cl-].[Cl-]. The number of hydrogen-bond acceptors (Lipinski definition) is 1. The van der Waals surface area contributed by atoms with Crippen molar-refractivity contribution < 1.29 is 50.0 Å². The van der Waals surface area contributed by atoms with Crippen molar-refractivity contribution in [2.24, 2.45) is 0 Å². The van der Waals surface area contributed by atoms with E-state index in [0.29, 0.717) is 0 Å². The molecular formula is C18H25Cl2OTi. The van der Waals surface area contributed by atoms with E-state index in [1.165, 1.54) is 27.0 Å². The van der Waals surface area contributed by atoms with Crippen molar-refractivity contribution in [3.63, 3.8) is 0 Å². The van der Waals surface area contributed by atoms with Crippen molar-refractivity contribution in [1.82, 2.24) is 0 Å². The summed E-state index contributed by atoms with van der Waals surface area (Å²) in [5.74, 6) is 0. The molecule has 0 aromatic heterocycles. The van der Waals surface area contributed by atoms with Gasteiger partial charge < -0.3 is 24.8 Å². The zero-order valence-electron chi connectivity index (χ0n) is 13.7. The van der Waals surface area contributed by atoms with E-state index >= 15 is 0 Å². The van der Waals surface area contributed by atoms with Crippen LogP contribution in [0.3, 0.4) is 0 Å². The smallest absolute Gasteiger partial charge is 1.00 e. The maximum absolute atomic E-state index is 6.40. The van der Waals surface area contributed by atoms with Gasteiger partial charge in [0.2, 0.25) is 0 Å². The van der Waals surface area contributed by atoms with Gasteiger partial charge in [0, 0.05) is 0 Å². The summed E-state index contributed by atoms with van der Waals surface area (Å²) in [6, 6.07) is 0. The normalized spacial score (nSPS) is 23.7. The van der Waals surface area contributed by atoms with Crippen LogP contribution in [0.15, 0.2) is 44.9 Å². The summed E-state index contributed by atoms with van der Waals surface area (Å²) in [7, 11) is 0. The molecule has 0 amide bonds. The first-order valence-electron chi connectivity index (χ1n) is 7.67. The maximum Gasteiger partial charge on any atom is -1.00 e. The Balaban J connectivity index is 0.00000220. The van der Waals surface area contributed by atoms with Crippen LogP contribution in [0.2, 0.25) is 0 Å². The molecular weight excluding hydrogens is 351 g/mol. The summed E-state index contributed by atoms with van der Waals surface area (Å²) in [5.41, 5.74) is 4.11. The predicted octanol–water partition coefficient (Wildman–Crippen LogP) is -1.00. The molecule has 4 heteroatoms. The quantitative estimate of drug-likeness (QED) is 0.427. The summed E-state index contributed by atoms with van der Waals surface area (Å²) >= 11 is 2.25. The summed E-state index contributed by atoms with van der Waals surface area (Å²) in [5, 5.41) is 0. The fourth-order valence-electron chi connectivity index (χ4n) is 2.89. The molecule has 0 saturated carbocycles.